The fourth-order valence-corrected chi connectivity index (χ4v) is 2.62. The Morgan fingerprint density at radius 3 is 2.68 bits per heavy atom. The van der Waals surface area contributed by atoms with Crippen LogP contribution >= 0.6 is 0 Å². The minimum absolute atomic E-state index is 0.232. The van der Waals surface area contributed by atoms with Crippen LogP contribution in [-0.4, -0.2) is 49.3 Å². The average molecular weight is 259 g/mol. The SMILES string of the molecule is CN1CCCN(c2ccc(C#N)cc2)CC1CCO. The molecule has 0 aromatic heterocycles. The Bertz CT molecular complexity index is 438. The monoisotopic (exact) mass is 259 g/mol. The lowest BCUT2D eigenvalue weighted by atomic mass is 10.1. The smallest absolute Gasteiger partial charge is 0.0991 e. The first-order valence-electron chi connectivity index (χ1n) is 6.81. The fraction of sp³-hybridized carbons (Fsp3) is 0.533. The summed E-state index contributed by atoms with van der Waals surface area (Å²) in [7, 11) is 2.13. The standard InChI is InChI=1S/C15H21N3O/c1-17-8-2-9-18(12-15(17)7-10-19)14-5-3-13(11-16)4-6-14/h3-6,15,19H,2,7-10,12H2,1H3. The zero-order valence-corrected chi connectivity index (χ0v) is 11.4. The molecule has 0 radical (unpaired) electrons. The Morgan fingerprint density at radius 2 is 2.05 bits per heavy atom. The van der Waals surface area contributed by atoms with Crippen molar-refractivity contribution < 1.29 is 5.11 Å². The number of hydrogen-bond acceptors (Lipinski definition) is 4. The van der Waals surface area contributed by atoms with E-state index in [0.717, 1.165) is 38.2 Å². The molecule has 1 aliphatic rings. The first-order chi connectivity index (χ1) is 9.24. The normalized spacial score (nSPS) is 20.9. The van der Waals surface area contributed by atoms with E-state index in [1.807, 2.05) is 24.3 Å². The molecular formula is C15H21N3O. The lowest BCUT2D eigenvalue weighted by molar-refractivity contribution is 0.196. The van der Waals surface area contributed by atoms with Gasteiger partial charge in [0.1, 0.15) is 0 Å². The summed E-state index contributed by atoms with van der Waals surface area (Å²) in [5.41, 5.74) is 1.86. The van der Waals surface area contributed by atoms with Crippen molar-refractivity contribution >= 4 is 5.69 Å². The van der Waals surface area contributed by atoms with Gasteiger partial charge in [0.05, 0.1) is 11.6 Å². The zero-order valence-electron chi connectivity index (χ0n) is 11.4. The van der Waals surface area contributed by atoms with Gasteiger partial charge in [-0.2, -0.15) is 5.26 Å². The van der Waals surface area contributed by atoms with Crippen molar-refractivity contribution in [2.45, 2.75) is 18.9 Å². The molecular weight excluding hydrogens is 238 g/mol. The second-order valence-electron chi connectivity index (χ2n) is 5.10. The van der Waals surface area contributed by atoms with Gasteiger partial charge in [0.15, 0.2) is 0 Å². The van der Waals surface area contributed by atoms with Crippen LogP contribution in [0.4, 0.5) is 5.69 Å². The maximum Gasteiger partial charge on any atom is 0.0991 e. The van der Waals surface area contributed by atoms with Gasteiger partial charge < -0.3 is 14.9 Å². The first kappa shape index (κ1) is 13.9. The van der Waals surface area contributed by atoms with E-state index >= 15 is 0 Å². The van der Waals surface area contributed by atoms with Gasteiger partial charge in [0.2, 0.25) is 0 Å². The van der Waals surface area contributed by atoms with Gasteiger partial charge >= 0.3 is 0 Å². The Balaban J connectivity index is 2.11. The van der Waals surface area contributed by atoms with Crippen LogP contribution in [0, 0.1) is 11.3 Å². The van der Waals surface area contributed by atoms with Crippen molar-refractivity contribution in [2.24, 2.45) is 0 Å². The molecule has 102 valence electrons. The van der Waals surface area contributed by atoms with Crippen molar-refractivity contribution in [3.8, 4) is 6.07 Å². The lowest BCUT2D eigenvalue weighted by Gasteiger charge is -2.29. The van der Waals surface area contributed by atoms with Crippen LogP contribution in [0.25, 0.3) is 0 Å². The molecule has 0 spiro atoms. The molecule has 1 aromatic carbocycles. The number of aliphatic hydroxyl groups is 1. The van der Waals surface area contributed by atoms with Crippen molar-refractivity contribution in [3.05, 3.63) is 29.8 Å². The summed E-state index contributed by atoms with van der Waals surface area (Å²) in [5.74, 6) is 0. The number of aliphatic hydroxyl groups excluding tert-OH is 1. The maximum atomic E-state index is 9.17. The van der Waals surface area contributed by atoms with E-state index in [2.05, 4.69) is 22.9 Å². The quantitative estimate of drug-likeness (QED) is 0.892. The Hall–Kier alpha value is -1.57. The molecule has 19 heavy (non-hydrogen) atoms. The van der Waals surface area contributed by atoms with Gasteiger partial charge in [-0.1, -0.05) is 0 Å². The topological polar surface area (TPSA) is 50.5 Å². The summed E-state index contributed by atoms with van der Waals surface area (Å²) in [4.78, 5) is 4.69. The molecule has 1 unspecified atom stereocenters. The number of likely N-dealkylation sites (N-methyl/N-ethyl adjacent to an activating group) is 1. The molecule has 1 aromatic rings. The van der Waals surface area contributed by atoms with E-state index in [1.165, 1.54) is 0 Å². The summed E-state index contributed by atoms with van der Waals surface area (Å²) in [6.07, 6.45) is 1.93. The van der Waals surface area contributed by atoms with E-state index in [1.54, 1.807) is 0 Å². The highest BCUT2D eigenvalue weighted by Crippen LogP contribution is 2.20. The number of benzene rings is 1. The van der Waals surface area contributed by atoms with E-state index in [9.17, 15) is 5.11 Å². The molecule has 4 nitrogen and oxygen atoms in total. The minimum Gasteiger partial charge on any atom is -0.396 e. The molecule has 0 amide bonds. The summed E-state index contributed by atoms with van der Waals surface area (Å²) in [6.45, 7) is 3.26. The Kier molecular flexibility index (Phi) is 4.78. The largest absolute Gasteiger partial charge is 0.396 e. The fourth-order valence-electron chi connectivity index (χ4n) is 2.62. The highest BCUT2D eigenvalue weighted by atomic mass is 16.3. The third-order valence-corrected chi connectivity index (χ3v) is 3.82. The highest BCUT2D eigenvalue weighted by Gasteiger charge is 2.21. The zero-order chi connectivity index (χ0) is 13.7. The molecule has 1 heterocycles. The number of rotatable bonds is 3. The van der Waals surface area contributed by atoms with Crippen LogP contribution in [0.5, 0.6) is 0 Å². The summed E-state index contributed by atoms with van der Waals surface area (Å²) in [5, 5.41) is 18.0. The van der Waals surface area contributed by atoms with E-state index in [-0.39, 0.29) is 6.61 Å². The summed E-state index contributed by atoms with van der Waals surface area (Å²) < 4.78 is 0. The van der Waals surface area contributed by atoms with Gasteiger partial charge in [0.25, 0.3) is 0 Å². The molecule has 4 heteroatoms. The molecule has 2 rings (SSSR count). The second-order valence-corrected chi connectivity index (χ2v) is 5.10. The van der Waals surface area contributed by atoms with Crippen LogP contribution in [0.1, 0.15) is 18.4 Å². The summed E-state index contributed by atoms with van der Waals surface area (Å²) >= 11 is 0. The Labute approximate surface area is 114 Å². The van der Waals surface area contributed by atoms with E-state index in [4.69, 9.17) is 5.26 Å². The first-order valence-corrected chi connectivity index (χ1v) is 6.81. The lowest BCUT2D eigenvalue weighted by Crippen LogP contribution is -2.39. The van der Waals surface area contributed by atoms with Crippen LogP contribution in [0.2, 0.25) is 0 Å². The van der Waals surface area contributed by atoms with Gasteiger partial charge in [-0.15, -0.1) is 0 Å². The highest BCUT2D eigenvalue weighted by molar-refractivity contribution is 5.50. The number of anilines is 1. The van der Waals surface area contributed by atoms with Gasteiger partial charge in [-0.05, 0) is 50.7 Å². The van der Waals surface area contributed by atoms with Crippen LogP contribution < -0.4 is 4.90 Å². The molecule has 1 fully saturated rings. The molecule has 0 bridgehead atoms. The van der Waals surface area contributed by atoms with Gasteiger partial charge in [-0.3, -0.25) is 0 Å². The van der Waals surface area contributed by atoms with Crippen molar-refractivity contribution in [3.63, 3.8) is 0 Å². The van der Waals surface area contributed by atoms with E-state index < -0.39 is 0 Å². The van der Waals surface area contributed by atoms with Crippen molar-refractivity contribution in [1.29, 1.82) is 5.26 Å². The molecule has 1 saturated heterocycles. The van der Waals surface area contributed by atoms with Crippen LogP contribution in [0.3, 0.4) is 0 Å². The molecule has 1 N–H and O–H groups in total. The van der Waals surface area contributed by atoms with E-state index in [0.29, 0.717) is 11.6 Å². The molecule has 1 atom stereocenters. The second kappa shape index (κ2) is 6.55. The number of nitriles is 1. The summed E-state index contributed by atoms with van der Waals surface area (Å²) in [6, 6.07) is 10.3. The predicted molar refractivity (Wildman–Crippen MR) is 76.1 cm³/mol. The third kappa shape index (κ3) is 3.46. The number of nitrogens with zero attached hydrogens (tertiary/aromatic N) is 3. The van der Waals surface area contributed by atoms with Crippen molar-refractivity contribution in [1.82, 2.24) is 4.90 Å². The van der Waals surface area contributed by atoms with Gasteiger partial charge in [-0.25, -0.2) is 0 Å². The van der Waals surface area contributed by atoms with Crippen LogP contribution in [0.15, 0.2) is 24.3 Å². The third-order valence-electron chi connectivity index (χ3n) is 3.82. The predicted octanol–water partition coefficient (Wildman–Crippen LogP) is 1.45. The molecule has 0 aliphatic carbocycles. The maximum absolute atomic E-state index is 9.17. The minimum atomic E-state index is 0.232. The number of hydrogen-bond donors (Lipinski definition) is 1. The van der Waals surface area contributed by atoms with Crippen molar-refractivity contribution in [2.75, 3.05) is 38.2 Å². The Morgan fingerprint density at radius 1 is 1.32 bits per heavy atom. The van der Waals surface area contributed by atoms with Gasteiger partial charge in [0, 0.05) is 31.4 Å². The molecule has 0 saturated carbocycles. The molecule has 1 aliphatic heterocycles. The van der Waals surface area contributed by atoms with Crippen LogP contribution in [-0.2, 0) is 0 Å². The average Bonchev–Trinajstić information content (AvgIpc) is 2.62.